The van der Waals surface area contributed by atoms with Crippen LogP contribution in [0.5, 0.6) is 0 Å². The van der Waals surface area contributed by atoms with Crippen LogP contribution in [0.25, 0.3) is 88.8 Å². The third-order valence-electron chi connectivity index (χ3n) is 12.8. The Bertz CT molecular complexity index is 3470. The maximum absolute atomic E-state index is 5.32. The summed E-state index contributed by atoms with van der Waals surface area (Å²) in [6, 6.07) is 71.6. The molecule has 0 unspecified atom stereocenters. The van der Waals surface area contributed by atoms with Gasteiger partial charge in [-0.1, -0.05) is 173 Å². The third kappa shape index (κ3) is 8.74. The van der Waals surface area contributed by atoms with E-state index in [1.54, 1.807) is 0 Å². The molecule has 11 rings (SSSR count). The minimum atomic E-state index is -1.28. The topological polar surface area (TPSA) is 35.6 Å². The van der Waals surface area contributed by atoms with Crippen molar-refractivity contribution in [1.82, 2.24) is 19.1 Å². The van der Waals surface area contributed by atoms with Crippen molar-refractivity contribution in [1.29, 1.82) is 0 Å². The van der Waals surface area contributed by atoms with Crippen molar-refractivity contribution < 1.29 is 20.1 Å². The van der Waals surface area contributed by atoms with Gasteiger partial charge in [-0.05, 0) is 98.3 Å². The summed E-state index contributed by atoms with van der Waals surface area (Å²) in [4.78, 5) is 9.99. The number of rotatable bonds is 8. The summed E-state index contributed by atoms with van der Waals surface area (Å²) in [5.74, 6) is 1.52. The Morgan fingerprint density at radius 1 is 0.537 bits per heavy atom. The number of fused-ring (bicyclic) bond motifs is 5. The second kappa shape index (κ2) is 18.9. The molecule has 0 aliphatic carbocycles. The maximum atomic E-state index is 5.32. The van der Waals surface area contributed by atoms with Gasteiger partial charge in [0.25, 0.3) is 0 Å². The zero-order valence-electron chi connectivity index (χ0n) is 39.2. The predicted octanol–water partition coefficient (Wildman–Crippen LogP) is 15.7. The standard InChI is InChI=1S/C43H36N3.C18H18NSi.Ir/c1-28(2)35-26-32(30-15-7-5-8-16-30)27-36(29(3)4)42(35)46-41-22-14-12-20-38(41)44-43(46)31-23-24-40-37(25-31)34-19-11-13-21-39(34)45(40)33-17-9-6-10-18-33;1-20(2,3)15-11-12-18(19-13-15)17-10-6-8-14-7-4-5-9-16(14)17;/h5-22,24-29H,1-4H3;4-9,11-13H,1-3H3;/q2*-1;. The molecule has 0 saturated carbocycles. The Hall–Kier alpha value is -6.69. The van der Waals surface area contributed by atoms with Crippen LogP contribution < -0.4 is 5.19 Å². The molecular formula is C61H54IrN4Si-2. The van der Waals surface area contributed by atoms with Crippen molar-refractivity contribution in [2.75, 3.05) is 0 Å². The molecule has 6 heteroatoms. The van der Waals surface area contributed by atoms with Gasteiger partial charge in [-0.25, -0.2) is 0 Å². The van der Waals surface area contributed by atoms with Crippen LogP contribution >= 0.6 is 0 Å². The Morgan fingerprint density at radius 3 is 1.84 bits per heavy atom. The van der Waals surface area contributed by atoms with E-state index < -0.39 is 8.07 Å². The molecule has 4 nitrogen and oxygen atoms in total. The van der Waals surface area contributed by atoms with Crippen molar-refractivity contribution >= 4 is 56.9 Å². The molecule has 0 N–H and O–H groups in total. The molecule has 0 fully saturated rings. The maximum Gasteiger partial charge on any atom is 0.0795 e. The smallest absolute Gasteiger partial charge is 0.0795 e. The van der Waals surface area contributed by atoms with Crippen LogP contribution in [0.15, 0.2) is 188 Å². The largest absolute Gasteiger partial charge is 0.351 e. The number of imidazole rings is 1. The Kier molecular flexibility index (Phi) is 12.8. The van der Waals surface area contributed by atoms with Crippen molar-refractivity contribution in [3.63, 3.8) is 0 Å². The summed E-state index contributed by atoms with van der Waals surface area (Å²) < 4.78 is 4.74. The van der Waals surface area contributed by atoms with E-state index in [4.69, 9.17) is 4.98 Å². The fraction of sp³-hybridized carbons (Fsp3) is 0.148. The van der Waals surface area contributed by atoms with Crippen LogP contribution in [0.2, 0.25) is 19.6 Å². The van der Waals surface area contributed by atoms with E-state index in [0.29, 0.717) is 11.8 Å². The molecule has 0 aliphatic rings. The molecule has 3 heterocycles. The molecule has 8 aromatic carbocycles. The number of pyridine rings is 1. The number of para-hydroxylation sites is 4. The molecule has 0 bridgehead atoms. The van der Waals surface area contributed by atoms with Crippen LogP contribution in [0, 0.1) is 12.1 Å². The second-order valence-electron chi connectivity index (χ2n) is 18.9. The zero-order valence-corrected chi connectivity index (χ0v) is 42.6. The number of hydrogen-bond donors (Lipinski definition) is 0. The summed E-state index contributed by atoms with van der Waals surface area (Å²) in [5, 5.41) is 6.25. The third-order valence-corrected chi connectivity index (χ3v) is 14.8. The van der Waals surface area contributed by atoms with E-state index >= 15 is 0 Å². The number of aromatic nitrogens is 4. The van der Waals surface area contributed by atoms with Gasteiger partial charge in [-0.15, -0.1) is 52.9 Å². The van der Waals surface area contributed by atoms with E-state index in [1.165, 1.54) is 60.2 Å². The minimum absolute atomic E-state index is 0. The van der Waals surface area contributed by atoms with E-state index in [9.17, 15) is 0 Å². The fourth-order valence-corrected chi connectivity index (χ4v) is 10.3. The normalized spacial score (nSPS) is 11.7. The van der Waals surface area contributed by atoms with Crippen LogP contribution in [-0.2, 0) is 20.1 Å². The van der Waals surface area contributed by atoms with E-state index in [-0.39, 0.29) is 20.1 Å². The monoisotopic (exact) mass is 1060 g/mol. The van der Waals surface area contributed by atoms with E-state index in [2.05, 4.69) is 250 Å². The van der Waals surface area contributed by atoms with Crippen molar-refractivity contribution in [3.05, 3.63) is 211 Å². The average Bonchev–Trinajstić information content (AvgIpc) is 3.90. The first-order valence-corrected chi connectivity index (χ1v) is 26.6. The summed E-state index contributed by atoms with van der Waals surface area (Å²) in [7, 11) is -1.28. The molecule has 1 radical (unpaired) electrons. The van der Waals surface area contributed by atoms with Gasteiger partial charge >= 0.3 is 0 Å². The molecular weight excluding hydrogens is 1010 g/mol. The van der Waals surface area contributed by atoms with Gasteiger partial charge in [0.1, 0.15) is 0 Å². The summed E-state index contributed by atoms with van der Waals surface area (Å²) in [6.45, 7) is 16.2. The summed E-state index contributed by atoms with van der Waals surface area (Å²) in [6.07, 6.45) is 2.04. The predicted molar refractivity (Wildman–Crippen MR) is 282 cm³/mol. The van der Waals surface area contributed by atoms with Gasteiger partial charge in [-0.3, -0.25) is 4.98 Å². The number of nitrogens with zero attached hydrogens (tertiary/aromatic N) is 4. The summed E-state index contributed by atoms with van der Waals surface area (Å²) >= 11 is 0. The number of benzene rings is 8. The van der Waals surface area contributed by atoms with Gasteiger partial charge in [0.2, 0.25) is 0 Å². The molecule has 333 valence electrons. The quantitative estimate of drug-likeness (QED) is 0.112. The molecule has 0 saturated heterocycles. The number of hydrogen-bond acceptors (Lipinski definition) is 2. The Morgan fingerprint density at radius 2 is 1.16 bits per heavy atom. The molecule has 11 aromatic rings. The molecule has 0 spiro atoms. The van der Waals surface area contributed by atoms with Gasteiger partial charge in [0, 0.05) is 43.2 Å². The van der Waals surface area contributed by atoms with E-state index in [0.717, 1.165) is 44.9 Å². The van der Waals surface area contributed by atoms with Crippen molar-refractivity contribution in [2.45, 2.75) is 59.2 Å². The fourth-order valence-electron chi connectivity index (χ4n) is 9.30. The average molecular weight is 1060 g/mol. The summed E-state index contributed by atoms with van der Waals surface area (Å²) in [5.41, 5.74) is 15.0. The van der Waals surface area contributed by atoms with Gasteiger partial charge < -0.3 is 14.1 Å². The molecule has 67 heavy (non-hydrogen) atoms. The van der Waals surface area contributed by atoms with Gasteiger partial charge in [0.05, 0.1) is 24.9 Å². The minimum Gasteiger partial charge on any atom is -0.351 e. The van der Waals surface area contributed by atoms with Crippen molar-refractivity contribution in [2.24, 2.45) is 0 Å². The first kappa shape index (κ1) is 45.5. The molecule has 0 atom stereocenters. The molecule has 0 amide bonds. The Balaban J connectivity index is 0.000000224. The first-order chi connectivity index (χ1) is 32.0. The molecule has 0 aliphatic heterocycles. The van der Waals surface area contributed by atoms with Crippen LogP contribution in [0.1, 0.15) is 50.7 Å². The first-order valence-electron chi connectivity index (χ1n) is 23.1. The van der Waals surface area contributed by atoms with E-state index in [1.807, 2.05) is 12.3 Å². The van der Waals surface area contributed by atoms with Gasteiger partial charge in [0.15, 0.2) is 0 Å². The molecule has 3 aromatic heterocycles. The second-order valence-corrected chi connectivity index (χ2v) is 24.0. The zero-order chi connectivity index (χ0) is 45.5. The van der Waals surface area contributed by atoms with Crippen LogP contribution in [0.3, 0.4) is 0 Å². The Labute approximate surface area is 409 Å². The van der Waals surface area contributed by atoms with Crippen LogP contribution in [-0.4, -0.2) is 27.2 Å². The van der Waals surface area contributed by atoms with Crippen molar-refractivity contribution in [3.8, 4) is 45.1 Å². The van der Waals surface area contributed by atoms with Gasteiger partial charge in [-0.2, -0.15) is 0 Å². The van der Waals surface area contributed by atoms with Crippen LogP contribution in [0.4, 0.5) is 0 Å². The SMILES string of the molecule is CC(C)c1cc(-c2ccccc2)cc(C(C)C)c1-n1c(-c2[c-]cc3c(c2)c2ccccc2n3-c2ccccc2)nc2ccccc21.C[Si](C)(C)c1ccc(-c2[c-]ccc3ccccc23)nc1.[Ir].